The fraction of sp³-hybridized carbons (Fsp3) is 0.619. The van der Waals surface area contributed by atoms with Crippen LogP contribution in [0.3, 0.4) is 0 Å². The van der Waals surface area contributed by atoms with Gasteiger partial charge in [0.2, 0.25) is 0 Å². The largest absolute Gasteiger partial charge is 0.444 e. The van der Waals surface area contributed by atoms with E-state index in [-0.39, 0.29) is 24.8 Å². The number of hydrogen-bond donors (Lipinski definition) is 1. The van der Waals surface area contributed by atoms with Crippen molar-refractivity contribution in [3.05, 3.63) is 24.0 Å². The number of ether oxygens (including phenoxy) is 3. The minimum atomic E-state index is -0.593. The fourth-order valence-electron chi connectivity index (χ4n) is 4.21. The molecule has 2 amide bonds. The zero-order valence-corrected chi connectivity index (χ0v) is 18.0. The molecule has 3 aliphatic rings. The predicted molar refractivity (Wildman–Crippen MR) is 112 cm³/mol. The second kappa shape index (κ2) is 8.16. The molecule has 3 saturated heterocycles. The summed E-state index contributed by atoms with van der Waals surface area (Å²) in [4.78, 5) is 29.6. The minimum absolute atomic E-state index is 0.216. The van der Waals surface area contributed by atoms with Gasteiger partial charge in [0.05, 0.1) is 36.7 Å². The van der Waals surface area contributed by atoms with Gasteiger partial charge in [0.15, 0.2) is 0 Å². The number of nitrogens with zero attached hydrogens (tertiary/aromatic N) is 3. The number of fused-ring (bicyclic) bond motifs is 1. The average Bonchev–Trinajstić information content (AvgIpc) is 3.29. The van der Waals surface area contributed by atoms with Crippen LogP contribution in [0.25, 0.3) is 0 Å². The van der Waals surface area contributed by atoms with Crippen LogP contribution < -0.4 is 15.5 Å². The van der Waals surface area contributed by atoms with E-state index < -0.39 is 23.6 Å². The maximum atomic E-state index is 15.0. The van der Waals surface area contributed by atoms with Crippen molar-refractivity contribution in [2.24, 2.45) is 5.73 Å². The van der Waals surface area contributed by atoms with Gasteiger partial charge in [0, 0.05) is 26.2 Å². The number of morpholine rings is 1. The molecule has 0 saturated carbocycles. The maximum Gasteiger partial charge on any atom is 0.414 e. The molecule has 3 heterocycles. The lowest BCUT2D eigenvalue weighted by atomic mass is 10.1. The van der Waals surface area contributed by atoms with Gasteiger partial charge >= 0.3 is 12.2 Å². The number of carbonyl (C=O) groups excluding carboxylic acids is 2. The Labute approximate surface area is 180 Å². The van der Waals surface area contributed by atoms with Crippen LogP contribution >= 0.6 is 0 Å². The molecule has 1 aromatic carbocycles. The number of halogens is 1. The topological polar surface area (TPSA) is 97.6 Å². The van der Waals surface area contributed by atoms with Gasteiger partial charge < -0.3 is 24.8 Å². The van der Waals surface area contributed by atoms with Crippen molar-refractivity contribution in [3.63, 3.8) is 0 Å². The third kappa shape index (κ3) is 4.40. The Hall–Kier alpha value is -2.59. The van der Waals surface area contributed by atoms with Gasteiger partial charge in [-0.1, -0.05) is 0 Å². The Morgan fingerprint density at radius 1 is 1.29 bits per heavy atom. The number of rotatable bonds is 3. The zero-order valence-electron chi connectivity index (χ0n) is 18.0. The highest BCUT2D eigenvalue weighted by Crippen LogP contribution is 2.32. The van der Waals surface area contributed by atoms with Crippen molar-refractivity contribution >= 4 is 23.6 Å². The van der Waals surface area contributed by atoms with E-state index in [4.69, 9.17) is 19.9 Å². The summed E-state index contributed by atoms with van der Waals surface area (Å²) in [6, 6.07) is 4.43. The average molecular weight is 436 g/mol. The second-order valence-corrected chi connectivity index (χ2v) is 9.04. The standard InChI is InChI=1S/C21H29FN4O5/c1-21(2,3)31-20(28)25-6-7-29-18-12-24(11-17(18)25)16-5-4-13(8-15(16)22)26-10-14(9-23)30-19(26)27/h4-5,8,14,17-18H,6-7,9-12,23H2,1-3H3. The molecule has 0 radical (unpaired) electrons. The predicted octanol–water partition coefficient (Wildman–Crippen LogP) is 1.93. The van der Waals surface area contributed by atoms with Crippen molar-refractivity contribution in [2.75, 3.05) is 49.1 Å². The molecule has 0 aromatic heterocycles. The molecule has 3 fully saturated rings. The molecule has 0 bridgehead atoms. The van der Waals surface area contributed by atoms with Crippen LogP contribution in [-0.4, -0.2) is 80.3 Å². The second-order valence-electron chi connectivity index (χ2n) is 9.04. The Bertz CT molecular complexity index is 861. The van der Waals surface area contributed by atoms with Gasteiger partial charge in [-0.2, -0.15) is 0 Å². The van der Waals surface area contributed by atoms with Crippen molar-refractivity contribution in [2.45, 2.75) is 44.6 Å². The van der Waals surface area contributed by atoms with Crippen LogP contribution in [0.1, 0.15) is 20.8 Å². The summed E-state index contributed by atoms with van der Waals surface area (Å²) in [5, 5.41) is 0. The van der Waals surface area contributed by atoms with E-state index >= 15 is 4.39 Å². The molecule has 3 atom stereocenters. The highest BCUT2D eigenvalue weighted by atomic mass is 19.1. The first-order valence-electron chi connectivity index (χ1n) is 10.5. The van der Waals surface area contributed by atoms with E-state index in [1.165, 1.54) is 11.0 Å². The molecule has 1 aromatic rings. The first-order valence-corrected chi connectivity index (χ1v) is 10.5. The normalized spacial score (nSPS) is 26.2. The smallest absolute Gasteiger partial charge is 0.414 e. The van der Waals surface area contributed by atoms with E-state index in [0.29, 0.717) is 44.2 Å². The molecule has 0 spiro atoms. The molecular formula is C21H29FN4O5. The van der Waals surface area contributed by atoms with Gasteiger partial charge in [0.25, 0.3) is 0 Å². The quantitative estimate of drug-likeness (QED) is 0.773. The number of benzene rings is 1. The van der Waals surface area contributed by atoms with E-state index in [1.807, 2.05) is 25.7 Å². The first kappa shape index (κ1) is 21.6. The Morgan fingerprint density at radius 3 is 2.71 bits per heavy atom. The highest BCUT2D eigenvalue weighted by Gasteiger charge is 2.44. The van der Waals surface area contributed by atoms with Crippen LogP contribution in [0.2, 0.25) is 0 Å². The van der Waals surface area contributed by atoms with Crippen LogP contribution in [0.15, 0.2) is 18.2 Å². The number of carbonyl (C=O) groups is 2. The SMILES string of the molecule is CC(C)(C)OC(=O)N1CCOC2CN(c3ccc(N4CC(CN)OC4=O)cc3F)CC21. The summed E-state index contributed by atoms with van der Waals surface area (Å²) < 4.78 is 31.6. The molecule has 3 unspecified atom stereocenters. The van der Waals surface area contributed by atoms with Gasteiger partial charge in [-0.05, 0) is 39.0 Å². The zero-order chi connectivity index (χ0) is 22.3. The van der Waals surface area contributed by atoms with Gasteiger partial charge in [-0.15, -0.1) is 0 Å². The highest BCUT2D eigenvalue weighted by molar-refractivity contribution is 5.90. The lowest BCUT2D eigenvalue weighted by Gasteiger charge is -2.37. The molecule has 2 N–H and O–H groups in total. The van der Waals surface area contributed by atoms with Gasteiger partial charge in [-0.3, -0.25) is 9.80 Å². The summed E-state index contributed by atoms with van der Waals surface area (Å²) in [5.74, 6) is -0.455. The van der Waals surface area contributed by atoms with Crippen molar-refractivity contribution in [3.8, 4) is 0 Å². The van der Waals surface area contributed by atoms with Gasteiger partial charge in [0.1, 0.15) is 17.5 Å². The van der Waals surface area contributed by atoms with Crippen LogP contribution in [0, 0.1) is 5.82 Å². The summed E-state index contributed by atoms with van der Waals surface area (Å²) >= 11 is 0. The summed E-state index contributed by atoms with van der Waals surface area (Å²) in [5.41, 5.74) is 5.79. The third-order valence-electron chi connectivity index (χ3n) is 5.65. The summed E-state index contributed by atoms with van der Waals surface area (Å²) in [6.45, 7) is 7.72. The molecular weight excluding hydrogens is 407 g/mol. The number of anilines is 2. The lowest BCUT2D eigenvalue weighted by molar-refractivity contribution is -0.0567. The number of amides is 2. The van der Waals surface area contributed by atoms with E-state index in [9.17, 15) is 9.59 Å². The monoisotopic (exact) mass is 436 g/mol. The molecule has 10 heteroatoms. The summed E-state index contributed by atoms with van der Waals surface area (Å²) in [6.07, 6.45) is -1.53. The molecule has 9 nitrogen and oxygen atoms in total. The Balaban J connectivity index is 1.48. The molecule has 3 aliphatic heterocycles. The van der Waals surface area contributed by atoms with Crippen LogP contribution in [0.5, 0.6) is 0 Å². The first-order chi connectivity index (χ1) is 14.7. The third-order valence-corrected chi connectivity index (χ3v) is 5.65. The molecule has 4 rings (SSSR count). The fourth-order valence-corrected chi connectivity index (χ4v) is 4.21. The van der Waals surface area contributed by atoms with Crippen LogP contribution in [0.4, 0.5) is 25.4 Å². The Kier molecular flexibility index (Phi) is 5.69. The molecule has 31 heavy (non-hydrogen) atoms. The number of nitrogens with two attached hydrogens (primary N) is 1. The van der Waals surface area contributed by atoms with E-state index in [0.717, 1.165) is 0 Å². The van der Waals surface area contributed by atoms with Crippen molar-refractivity contribution < 1.29 is 28.2 Å². The van der Waals surface area contributed by atoms with Crippen LogP contribution in [-0.2, 0) is 14.2 Å². The van der Waals surface area contributed by atoms with Crippen molar-refractivity contribution in [1.29, 1.82) is 0 Å². The summed E-state index contributed by atoms with van der Waals surface area (Å²) in [7, 11) is 0. The Morgan fingerprint density at radius 2 is 2.06 bits per heavy atom. The number of cyclic esters (lactones) is 1. The minimum Gasteiger partial charge on any atom is -0.444 e. The van der Waals surface area contributed by atoms with E-state index in [2.05, 4.69) is 0 Å². The van der Waals surface area contributed by atoms with Crippen molar-refractivity contribution in [1.82, 2.24) is 4.90 Å². The number of hydrogen-bond acceptors (Lipinski definition) is 7. The molecule has 0 aliphatic carbocycles. The van der Waals surface area contributed by atoms with Gasteiger partial charge in [-0.25, -0.2) is 14.0 Å². The lowest BCUT2D eigenvalue weighted by Crippen LogP contribution is -2.54. The molecule has 170 valence electrons. The maximum absolute atomic E-state index is 15.0. The van der Waals surface area contributed by atoms with E-state index in [1.54, 1.807) is 17.0 Å².